The largest absolute Gasteiger partial charge is 0.493 e. The molecule has 154 valence electrons. The summed E-state index contributed by atoms with van der Waals surface area (Å²) in [5.41, 5.74) is 0.715. The van der Waals surface area contributed by atoms with Crippen LogP contribution in [0.1, 0.15) is 29.8 Å². The van der Waals surface area contributed by atoms with Gasteiger partial charge in [-0.15, -0.1) is 0 Å². The number of rotatable bonds is 8. The zero-order valence-corrected chi connectivity index (χ0v) is 16.6. The molecule has 0 radical (unpaired) electrons. The molecule has 0 bridgehead atoms. The van der Waals surface area contributed by atoms with Crippen LogP contribution in [0.5, 0.6) is 11.5 Å². The van der Waals surface area contributed by atoms with Crippen LogP contribution in [0.2, 0.25) is 0 Å². The topological polar surface area (TPSA) is 117 Å². The molecule has 0 fully saturated rings. The number of aryl methyl sites for hydroxylation is 1. The second kappa shape index (κ2) is 9.54. The Labute approximate surface area is 167 Å². The van der Waals surface area contributed by atoms with Crippen LogP contribution in [0.3, 0.4) is 0 Å². The maximum absolute atomic E-state index is 12.5. The molecule has 9 heteroatoms. The first kappa shape index (κ1) is 21.7. The van der Waals surface area contributed by atoms with E-state index in [0.29, 0.717) is 5.69 Å². The normalized spacial score (nSPS) is 11.3. The number of nitro groups is 1. The van der Waals surface area contributed by atoms with Crippen molar-refractivity contribution in [3.8, 4) is 11.5 Å². The van der Waals surface area contributed by atoms with Gasteiger partial charge in [0.1, 0.15) is 5.56 Å². The second-order valence-electron chi connectivity index (χ2n) is 6.11. The Bertz CT molecular complexity index is 910. The highest BCUT2D eigenvalue weighted by atomic mass is 16.6. The van der Waals surface area contributed by atoms with Gasteiger partial charge in [-0.05, 0) is 32.9 Å². The number of carbonyl (C=O) groups excluding carboxylic acids is 2. The zero-order valence-electron chi connectivity index (χ0n) is 16.6. The Hall–Kier alpha value is -3.62. The SMILES string of the molecule is CCOc1cc(C(=O)O[C@H](C)C(=O)Nc2ccc(C)cc2)c([N+](=O)[O-])cc1OC. The molecule has 2 aromatic carbocycles. The highest BCUT2D eigenvalue weighted by Gasteiger charge is 2.28. The molecular weight excluding hydrogens is 380 g/mol. The lowest BCUT2D eigenvalue weighted by Gasteiger charge is -2.15. The number of nitro benzene ring substituents is 1. The smallest absolute Gasteiger partial charge is 0.346 e. The predicted molar refractivity (Wildman–Crippen MR) is 106 cm³/mol. The number of nitrogens with zero attached hydrogens (tertiary/aromatic N) is 1. The molecule has 0 saturated heterocycles. The summed E-state index contributed by atoms with van der Waals surface area (Å²) >= 11 is 0. The van der Waals surface area contributed by atoms with Gasteiger partial charge in [-0.2, -0.15) is 0 Å². The van der Waals surface area contributed by atoms with Gasteiger partial charge in [0, 0.05) is 11.8 Å². The summed E-state index contributed by atoms with van der Waals surface area (Å²) in [6.45, 7) is 5.27. The van der Waals surface area contributed by atoms with Gasteiger partial charge in [0.15, 0.2) is 17.6 Å². The molecule has 9 nitrogen and oxygen atoms in total. The Morgan fingerprint density at radius 3 is 2.38 bits per heavy atom. The van der Waals surface area contributed by atoms with Crippen molar-refractivity contribution in [1.82, 2.24) is 0 Å². The number of hydrogen-bond donors (Lipinski definition) is 1. The molecule has 0 spiro atoms. The van der Waals surface area contributed by atoms with Crippen molar-refractivity contribution >= 4 is 23.3 Å². The summed E-state index contributed by atoms with van der Waals surface area (Å²) in [4.78, 5) is 35.5. The first-order valence-corrected chi connectivity index (χ1v) is 8.84. The van der Waals surface area contributed by atoms with Crippen LogP contribution < -0.4 is 14.8 Å². The van der Waals surface area contributed by atoms with Gasteiger partial charge in [-0.25, -0.2) is 4.79 Å². The van der Waals surface area contributed by atoms with E-state index in [1.54, 1.807) is 19.1 Å². The summed E-state index contributed by atoms with van der Waals surface area (Å²) in [5.74, 6) is -1.32. The Kier molecular flexibility index (Phi) is 7.13. The average Bonchev–Trinajstić information content (AvgIpc) is 2.69. The summed E-state index contributed by atoms with van der Waals surface area (Å²) < 4.78 is 15.6. The van der Waals surface area contributed by atoms with Crippen molar-refractivity contribution in [1.29, 1.82) is 0 Å². The third-order valence-electron chi connectivity index (χ3n) is 3.97. The maximum atomic E-state index is 12.5. The van der Waals surface area contributed by atoms with E-state index < -0.39 is 28.6 Å². The van der Waals surface area contributed by atoms with Crippen LogP contribution in [0.25, 0.3) is 0 Å². The van der Waals surface area contributed by atoms with Gasteiger partial charge in [0.25, 0.3) is 11.6 Å². The first-order chi connectivity index (χ1) is 13.8. The van der Waals surface area contributed by atoms with Crippen molar-refractivity contribution < 1.29 is 28.7 Å². The molecule has 0 aromatic heterocycles. The third kappa shape index (κ3) is 5.44. The van der Waals surface area contributed by atoms with Gasteiger partial charge >= 0.3 is 5.97 Å². The summed E-state index contributed by atoms with van der Waals surface area (Å²) in [5, 5.41) is 14.0. The molecule has 0 unspecified atom stereocenters. The first-order valence-electron chi connectivity index (χ1n) is 8.84. The number of esters is 1. The van der Waals surface area contributed by atoms with Crippen LogP contribution in [0.4, 0.5) is 11.4 Å². The van der Waals surface area contributed by atoms with Gasteiger partial charge in [-0.3, -0.25) is 14.9 Å². The summed E-state index contributed by atoms with van der Waals surface area (Å²) in [6.07, 6.45) is -1.18. The second-order valence-corrected chi connectivity index (χ2v) is 6.11. The van der Waals surface area contributed by atoms with Crippen LogP contribution in [-0.2, 0) is 9.53 Å². The van der Waals surface area contributed by atoms with Gasteiger partial charge in [-0.1, -0.05) is 17.7 Å². The van der Waals surface area contributed by atoms with E-state index in [1.807, 2.05) is 19.1 Å². The fourth-order valence-corrected chi connectivity index (χ4v) is 2.45. The molecule has 0 saturated carbocycles. The number of benzene rings is 2. The lowest BCUT2D eigenvalue weighted by molar-refractivity contribution is -0.385. The molecule has 1 N–H and O–H groups in total. The molecule has 29 heavy (non-hydrogen) atoms. The number of ether oxygens (including phenoxy) is 3. The van der Waals surface area contributed by atoms with E-state index in [0.717, 1.165) is 11.6 Å². The van der Waals surface area contributed by atoms with Crippen molar-refractivity contribution in [2.75, 3.05) is 19.0 Å². The monoisotopic (exact) mass is 402 g/mol. The molecule has 2 rings (SSSR count). The van der Waals surface area contributed by atoms with E-state index in [-0.39, 0.29) is 23.7 Å². The molecule has 0 aliphatic carbocycles. The minimum absolute atomic E-state index is 0.111. The Morgan fingerprint density at radius 1 is 1.17 bits per heavy atom. The van der Waals surface area contributed by atoms with Gasteiger partial charge in [0.2, 0.25) is 0 Å². The minimum atomic E-state index is -1.18. The predicted octanol–water partition coefficient (Wildman–Crippen LogP) is 3.49. The molecule has 1 atom stereocenters. The quantitative estimate of drug-likeness (QED) is 0.408. The number of anilines is 1. The highest BCUT2D eigenvalue weighted by Crippen LogP contribution is 2.35. The summed E-state index contributed by atoms with van der Waals surface area (Å²) in [6, 6.07) is 9.32. The lowest BCUT2D eigenvalue weighted by atomic mass is 10.1. The van der Waals surface area contributed by atoms with Crippen LogP contribution in [0.15, 0.2) is 36.4 Å². The molecular formula is C20H22N2O7. The van der Waals surface area contributed by atoms with Gasteiger partial charge < -0.3 is 19.5 Å². The van der Waals surface area contributed by atoms with Crippen molar-refractivity contribution in [2.45, 2.75) is 26.9 Å². The zero-order chi connectivity index (χ0) is 21.6. The molecule has 2 aromatic rings. The number of methoxy groups -OCH3 is 1. The van der Waals surface area contributed by atoms with Crippen molar-refractivity contribution in [3.63, 3.8) is 0 Å². The van der Waals surface area contributed by atoms with E-state index in [9.17, 15) is 19.7 Å². The fraction of sp³-hybridized carbons (Fsp3) is 0.300. The molecule has 0 aliphatic rings. The van der Waals surface area contributed by atoms with Crippen molar-refractivity contribution in [2.24, 2.45) is 0 Å². The fourth-order valence-electron chi connectivity index (χ4n) is 2.45. The van der Waals surface area contributed by atoms with Crippen molar-refractivity contribution in [3.05, 3.63) is 57.6 Å². The minimum Gasteiger partial charge on any atom is -0.493 e. The van der Waals surface area contributed by atoms with E-state index in [1.165, 1.54) is 20.1 Å². The standard InChI is InChI=1S/C20H22N2O7/c1-5-28-18-10-15(16(22(25)26)11-17(18)27-4)20(24)29-13(3)19(23)21-14-8-6-12(2)7-9-14/h6-11,13H,5H2,1-4H3,(H,21,23)/t13-/m1/s1. The van der Waals surface area contributed by atoms with Crippen LogP contribution in [-0.4, -0.2) is 36.6 Å². The average molecular weight is 402 g/mol. The van der Waals surface area contributed by atoms with Crippen LogP contribution in [0, 0.1) is 17.0 Å². The molecule has 1 amide bonds. The van der Waals surface area contributed by atoms with Crippen LogP contribution >= 0.6 is 0 Å². The number of hydrogen-bond acceptors (Lipinski definition) is 7. The number of amides is 1. The van der Waals surface area contributed by atoms with E-state index >= 15 is 0 Å². The third-order valence-corrected chi connectivity index (χ3v) is 3.97. The Morgan fingerprint density at radius 2 is 1.83 bits per heavy atom. The number of carbonyl (C=O) groups is 2. The van der Waals surface area contributed by atoms with Gasteiger partial charge in [0.05, 0.1) is 24.7 Å². The Balaban J connectivity index is 2.21. The molecule has 0 heterocycles. The van der Waals surface area contributed by atoms with E-state index in [4.69, 9.17) is 14.2 Å². The highest BCUT2D eigenvalue weighted by molar-refractivity contribution is 5.99. The summed E-state index contributed by atoms with van der Waals surface area (Å²) in [7, 11) is 1.33. The lowest BCUT2D eigenvalue weighted by Crippen LogP contribution is -2.30. The maximum Gasteiger partial charge on any atom is 0.346 e. The van der Waals surface area contributed by atoms with E-state index in [2.05, 4.69) is 5.32 Å². The number of nitrogens with one attached hydrogen (secondary N) is 1. The molecule has 0 aliphatic heterocycles.